The summed E-state index contributed by atoms with van der Waals surface area (Å²) < 4.78 is 6.59. The first kappa shape index (κ1) is 31.1. The lowest BCUT2D eigenvalue weighted by molar-refractivity contribution is -0.137. The van der Waals surface area contributed by atoms with Crippen molar-refractivity contribution in [1.29, 1.82) is 0 Å². The molecule has 1 aromatic heterocycles. The van der Waals surface area contributed by atoms with E-state index < -0.39 is 35.3 Å². The zero-order valence-electron chi connectivity index (χ0n) is 23.3. The Balaban J connectivity index is 1.50. The number of hydrogen-bond donors (Lipinski definition) is 3. The maximum atomic E-state index is 13.3. The molecule has 0 radical (unpaired) electrons. The van der Waals surface area contributed by atoms with Gasteiger partial charge in [0.2, 0.25) is 5.91 Å². The molecule has 3 amide bonds. The van der Waals surface area contributed by atoms with Crippen LogP contribution in [0.5, 0.6) is 0 Å². The van der Waals surface area contributed by atoms with Gasteiger partial charge in [-0.1, -0.05) is 53.5 Å². The minimum atomic E-state index is -1.15. The molecule has 12 nitrogen and oxygen atoms in total. The van der Waals surface area contributed by atoms with Gasteiger partial charge in [0.25, 0.3) is 0 Å². The molecule has 0 bridgehead atoms. The molecule has 3 N–H and O–H groups in total. The fourth-order valence-corrected chi connectivity index (χ4v) is 4.20. The molecule has 14 heteroatoms. The summed E-state index contributed by atoms with van der Waals surface area (Å²) >= 11 is 12.5. The number of nitrogens with zero attached hydrogens (tertiary/aromatic N) is 4. The van der Waals surface area contributed by atoms with Crippen molar-refractivity contribution in [2.24, 2.45) is 0 Å². The van der Waals surface area contributed by atoms with Gasteiger partial charge in [-0.25, -0.2) is 4.79 Å². The number of halogens is 2. The molecular weight excluding hydrogens is 597 g/mol. The Kier molecular flexibility index (Phi) is 9.73. The summed E-state index contributed by atoms with van der Waals surface area (Å²) in [4.78, 5) is 51.7. The van der Waals surface area contributed by atoms with E-state index in [2.05, 4.69) is 31.5 Å². The van der Waals surface area contributed by atoms with Crippen LogP contribution in [-0.2, 0) is 25.5 Å². The molecule has 4 aromatic rings. The average molecular weight is 624 g/mol. The van der Waals surface area contributed by atoms with Crippen LogP contribution in [0, 0.1) is 0 Å². The highest BCUT2D eigenvalue weighted by atomic mass is 35.5. The van der Waals surface area contributed by atoms with Crippen LogP contribution in [0.15, 0.2) is 73.1 Å². The van der Waals surface area contributed by atoms with Crippen molar-refractivity contribution in [3.63, 3.8) is 0 Å². The monoisotopic (exact) mass is 623 g/mol. The first-order chi connectivity index (χ1) is 20.4. The zero-order chi connectivity index (χ0) is 31.1. The van der Waals surface area contributed by atoms with Crippen LogP contribution in [0.1, 0.15) is 36.7 Å². The van der Waals surface area contributed by atoms with Crippen molar-refractivity contribution >= 4 is 58.3 Å². The molecule has 1 heterocycles. The Hall–Kier alpha value is -4.81. The molecule has 0 unspecified atom stereocenters. The van der Waals surface area contributed by atoms with Crippen LogP contribution in [0.25, 0.3) is 5.69 Å². The van der Waals surface area contributed by atoms with Crippen molar-refractivity contribution in [3.8, 4) is 5.69 Å². The molecule has 222 valence electrons. The van der Waals surface area contributed by atoms with E-state index in [1.807, 2.05) is 6.07 Å². The Morgan fingerprint density at radius 3 is 2.23 bits per heavy atom. The second-order valence-electron chi connectivity index (χ2n) is 10.2. The van der Waals surface area contributed by atoms with Crippen molar-refractivity contribution in [2.75, 3.05) is 10.6 Å². The lowest BCUT2D eigenvalue weighted by atomic mass is 10.0. The van der Waals surface area contributed by atoms with Gasteiger partial charge in [-0.2, -0.15) is 4.68 Å². The lowest BCUT2D eigenvalue weighted by Crippen LogP contribution is -2.49. The Labute approximate surface area is 256 Å². The molecule has 0 saturated carbocycles. The van der Waals surface area contributed by atoms with E-state index in [0.717, 1.165) is 5.56 Å². The number of anilines is 2. The van der Waals surface area contributed by atoms with Crippen molar-refractivity contribution < 1.29 is 23.9 Å². The van der Waals surface area contributed by atoms with E-state index in [-0.39, 0.29) is 27.8 Å². The van der Waals surface area contributed by atoms with Gasteiger partial charge in [0.15, 0.2) is 0 Å². The predicted molar refractivity (Wildman–Crippen MR) is 160 cm³/mol. The van der Waals surface area contributed by atoms with Gasteiger partial charge in [0.1, 0.15) is 18.0 Å². The topological polar surface area (TPSA) is 157 Å². The highest BCUT2D eigenvalue weighted by Gasteiger charge is 2.27. The molecule has 0 aliphatic carbocycles. The normalized spacial score (nSPS) is 11.7. The Bertz CT molecular complexity index is 1620. The summed E-state index contributed by atoms with van der Waals surface area (Å²) in [6.45, 7) is 5.29. The van der Waals surface area contributed by atoms with Gasteiger partial charge in [0.05, 0.1) is 27.0 Å². The summed E-state index contributed by atoms with van der Waals surface area (Å²) in [7, 11) is 0. The van der Waals surface area contributed by atoms with E-state index in [0.29, 0.717) is 11.3 Å². The van der Waals surface area contributed by atoms with Crippen LogP contribution in [0.3, 0.4) is 0 Å². The number of carbonyl (C=O) groups is 4. The van der Waals surface area contributed by atoms with E-state index in [1.54, 1.807) is 45.0 Å². The fourth-order valence-electron chi connectivity index (χ4n) is 3.83. The van der Waals surface area contributed by atoms with Crippen LogP contribution in [-0.4, -0.2) is 55.5 Å². The molecule has 0 saturated heterocycles. The van der Waals surface area contributed by atoms with Crippen LogP contribution in [0.2, 0.25) is 10.0 Å². The van der Waals surface area contributed by atoms with Crippen LogP contribution in [0.4, 0.5) is 11.4 Å². The smallest absolute Gasteiger partial charge is 0.338 e. The number of rotatable bonds is 8. The quantitative estimate of drug-likeness (QED) is 0.194. The number of ether oxygens (including phenoxy) is 1. The molecule has 3 aromatic carbocycles. The maximum absolute atomic E-state index is 13.3. The lowest BCUT2D eigenvalue weighted by Gasteiger charge is -2.20. The first-order valence-corrected chi connectivity index (χ1v) is 13.7. The Morgan fingerprint density at radius 2 is 1.60 bits per heavy atom. The minimum absolute atomic E-state index is 0.00393. The molecule has 0 spiro atoms. The van der Waals surface area contributed by atoms with Crippen LogP contribution >= 0.6 is 23.2 Å². The van der Waals surface area contributed by atoms with Crippen molar-refractivity contribution in [2.45, 2.75) is 38.8 Å². The van der Waals surface area contributed by atoms with Gasteiger partial charge >= 0.3 is 17.8 Å². The third-order valence-corrected chi connectivity index (χ3v) is 6.61. The third-order valence-electron chi connectivity index (χ3n) is 5.80. The van der Waals surface area contributed by atoms with E-state index in [9.17, 15) is 19.2 Å². The zero-order valence-corrected chi connectivity index (χ0v) is 24.8. The van der Waals surface area contributed by atoms with Crippen LogP contribution < -0.4 is 16.0 Å². The highest BCUT2D eigenvalue weighted by Crippen LogP contribution is 2.34. The van der Waals surface area contributed by atoms with Crippen molar-refractivity contribution in [3.05, 3.63) is 94.2 Å². The number of benzene rings is 3. The molecule has 1 atom stereocenters. The van der Waals surface area contributed by atoms with Gasteiger partial charge in [-0.05, 0) is 73.2 Å². The number of carbonyl (C=O) groups excluding carboxylic acids is 4. The molecule has 0 fully saturated rings. The molecular formula is C29H27Cl2N7O5. The number of tetrazole rings is 1. The maximum Gasteiger partial charge on any atom is 0.338 e. The predicted octanol–water partition coefficient (Wildman–Crippen LogP) is 4.23. The Morgan fingerprint density at radius 1 is 0.907 bits per heavy atom. The summed E-state index contributed by atoms with van der Waals surface area (Å²) in [5, 5.41) is 18.6. The van der Waals surface area contributed by atoms with Crippen molar-refractivity contribution in [1.82, 2.24) is 25.5 Å². The van der Waals surface area contributed by atoms with E-state index in [4.69, 9.17) is 27.9 Å². The second kappa shape index (κ2) is 13.4. The first-order valence-electron chi connectivity index (χ1n) is 12.9. The number of nitrogens with one attached hydrogen (secondary N) is 3. The molecule has 0 aliphatic heterocycles. The van der Waals surface area contributed by atoms with Gasteiger partial charge in [-0.3, -0.25) is 14.4 Å². The standard InChI is InChI=1S/C29H27Cl2N7O5/c1-29(2,3)43-28(42)18-9-11-19(12-10-18)33-25(39)21(15-17-7-5-4-6-8-17)34-26(40)27(41)35-24-22(38-16-32-36-37-38)14-13-20(30)23(24)31/h4-14,16,21H,15H2,1-3H3,(H,33,39)(H,34,40)(H,35,41)/t21-/m0/s1. The number of esters is 1. The molecule has 0 aliphatic rings. The van der Waals surface area contributed by atoms with Gasteiger partial charge < -0.3 is 20.7 Å². The fraction of sp³-hybridized carbons (Fsp3) is 0.207. The summed E-state index contributed by atoms with van der Waals surface area (Å²) in [5.74, 6) is -3.31. The third kappa shape index (κ3) is 8.37. The number of aromatic nitrogens is 4. The summed E-state index contributed by atoms with van der Waals surface area (Å²) in [6, 6.07) is 16.9. The number of hydrogen-bond acceptors (Lipinski definition) is 8. The van der Waals surface area contributed by atoms with E-state index >= 15 is 0 Å². The number of amides is 3. The highest BCUT2D eigenvalue weighted by molar-refractivity contribution is 6.46. The molecule has 4 rings (SSSR count). The SMILES string of the molecule is CC(C)(C)OC(=O)c1ccc(NC(=O)[C@H](Cc2ccccc2)NC(=O)C(=O)Nc2c(-n3cnnn3)ccc(Cl)c2Cl)cc1. The second-order valence-corrected chi connectivity index (χ2v) is 11.0. The summed E-state index contributed by atoms with van der Waals surface area (Å²) in [5.41, 5.74) is 1.00. The molecule has 43 heavy (non-hydrogen) atoms. The minimum Gasteiger partial charge on any atom is -0.456 e. The van der Waals surface area contributed by atoms with Gasteiger partial charge in [0, 0.05) is 12.1 Å². The van der Waals surface area contributed by atoms with Gasteiger partial charge in [-0.15, -0.1) is 5.10 Å². The average Bonchev–Trinajstić information content (AvgIpc) is 3.50. The summed E-state index contributed by atoms with van der Waals surface area (Å²) in [6.07, 6.45) is 1.35. The largest absolute Gasteiger partial charge is 0.456 e. The van der Waals surface area contributed by atoms with E-state index in [1.165, 1.54) is 47.4 Å².